The molecule has 1 aliphatic rings. The SMILES string of the molecule is Cc1cc(C)nc(CS(=O)(=O)c2ccc(N3CCCC3=O)cc2)c1. The fraction of sp³-hybridized carbons (Fsp3) is 0.333. The molecule has 3 rings (SSSR count). The van der Waals surface area contributed by atoms with Gasteiger partial charge in [0, 0.05) is 24.3 Å². The van der Waals surface area contributed by atoms with E-state index in [1.54, 1.807) is 35.2 Å². The van der Waals surface area contributed by atoms with Crippen molar-refractivity contribution in [3.8, 4) is 0 Å². The van der Waals surface area contributed by atoms with Gasteiger partial charge in [-0.25, -0.2) is 8.42 Å². The van der Waals surface area contributed by atoms with Crippen LogP contribution in [0, 0.1) is 13.8 Å². The zero-order chi connectivity index (χ0) is 17.3. The number of carbonyl (C=O) groups is 1. The predicted molar refractivity (Wildman–Crippen MR) is 92.6 cm³/mol. The van der Waals surface area contributed by atoms with E-state index in [0.29, 0.717) is 18.7 Å². The number of amides is 1. The summed E-state index contributed by atoms with van der Waals surface area (Å²) in [6.07, 6.45) is 1.40. The number of pyridine rings is 1. The fourth-order valence-corrected chi connectivity index (χ4v) is 4.29. The van der Waals surface area contributed by atoms with Gasteiger partial charge in [-0.05, 0) is 62.2 Å². The molecule has 0 unspecified atom stereocenters. The summed E-state index contributed by atoms with van der Waals surface area (Å²) in [6, 6.07) is 10.2. The van der Waals surface area contributed by atoms with Gasteiger partial charge in [-0.3, -0.25) is 9.78 Å². The number of nitrogens with zero attached hydrogens (tertiary/aromatic N) is 2. The van der Waals surface area contributed by atoms with Crippen molar-refractivity contribution in [3.05, 3.63) is 53.3 Å². The third-order valence-corrected chi connectivity index (χ3v) is 5.74. The van der Waals surface area contributed by atoms with E-state index < -0.39 is 9.84 Å². The summed E-state index contributed by atoms with van der Waals surface area (Å²) in [6.45, 7) is 4.47. The van der Waals surface area contributed by atoms with Gasteiger partial charge < -0.3 is 4.90 Å². The smallest absolute Gasteiger partial charge is 0.227 e. The number of hydrogen-bond donors (Lipinski definition) is 0. The topological polar surface area (TPSA) is 67.3 Å². The average molecular weight is 344 g/mol. The highest BCUT2D eigenvalue weighted by Gasteiger charge is 2.22. The molecule has 2 aromatic rings. The molecule has 0 saturated carbocycles. The number of anilines is 1. The van der Waals surface area contributed by atoms with Gasteiger partial charge in [-0.2, -0.15) is 0 Å². The second-order valence-electron chi connectivity index (χ2n) is 6.18. The van der Waals surface area contributed by atoms with Gasteiger partial charge in [-0.15, -0.1) is 0 Å². The van der Waals surface area contributed by atoms with Gasteiger partial charge in [-0.1, -0.05) is 0 Å². The van der Waals surface area contributed by atoms with Crippen LogP contribution in [0.2, 0.25) is 0 Å². The molecule has 0 aliphatic carbocycles. The molecular formula is C18H20N2O3S. The van der Waals surface area contributed by atoms with Crippen LogP contribution in [0.1, 0.15) is 29.8 Å². The molecule has 1 fully saturated rings. The lowest BCUT2D eigenvalue weighted by Gasteiger charge is -2.16. The minimum absolute atomic E-state index is 0.0880. The van der Waals surface area contributed by atoms with Crippen molar-refractivity contribution in [3.63, 3.8) is 0 Å². The van der Waals surface area contributed by atoms with Crippen LogP contribution in [0.4, 0.5) is 5.69 Å². The molecule has 0 N–H and O–H groups in total. The third-order valence-electron chi connectivity index (χ3n) is 4.07. The fourth-order valence-electron chi connectivity index (χ4n) is 3.03. The highest BCUT2D eigenvalue weighted by atomic mass is 32.2. The molecule has 126 valence electrons. The highest BCUT2D eigenvalue weighted by Crippen LogP contribution is 2.24. The van der Waals surface area contributed by atoms with Crippen molar-refractivity contribution in [1.29, 1.82) is 0 Å². The van der Waals surface area contributed by atoms with Crippen molar-refractivity contribution in [1.82, 2.24) is 4.98 Å². The van der Waals surface area contributed by atoms with Gasteiger partial charge >= 0.3 is 0 Å². The predicted octanol–water partition coefficient (Wildman–Crippen LogP) is 2.80. The van der Waals surface area contributed by atoms with E-state index in [0.717, 1.165) is 23.4 Å². The van der Waals surface area contributed by atoms with Gasteiger partial charge in [0.15, 0.2) is 9.84 Å². The van der Waals surface area contributed by atoms with Crippen molar-refractivity contribution in [2.24, 2.45) is 0 Å². The molecule has 1 saturated heterocycles. The quantitative estimate of drug-likeness (QED) is 0.855. The summed E-state index contributed by atoms with van der Waals surface area (Å²) in [5.74, 6) is -0.0395. The Labute approximate surface area is 142 Å². The molecule has 1 aromatic heterocycles. The molecule has 6 heteroatoms. The molecule has 2 heterocycles. The normalized spacial score (nSPS) is 15.1. The second-order valence-corrected chi connectivity index (χ2v) is 8.17. The van der Waals surface area contributed by atoms with Gasteiger partial charge in [0.25, 0.3) is 0 Å². The van der Waals surface area contributed by atoms with Crippen molar-refractivity contribution < 1.29 is 13.2 Å². The molecular weight excluding hydrogens is 324 g/mol. The van der Waals surface area contributed by atoms with Crippen molar-refractivity contribution in [2.45, 2.75) is 37.3 Å². The maximum absolute atomic E-state index is 12.6. The molecule has 1 amide bonds. The van der Waals surface area contributed by atoms with Crippen molar-refractivity contribution in [2.75, 3.05) is 11.4 Å². The monoisotopic (exact) mass is 344 g/mol. The number of aromatic nitrogens is 1. The van der Waals surface area contributed by atoms with Crippen molar-refractivity contribution >= 4 is 21.4 Å². The summed E-state index contributed by atoms with van der Waals surface area (Å²) in [7, 11) is -3.47. The van der Waals surface area contributed by atoms with E-state index in [1.807, 2.05) is 19.9 Å². The number of aryl methyl sites for hydroxylation is 2. The lowest BCUT2D eigenvalue weighted by Crippen LogP contribution is -2.23. The molecule has 0 bridgehead atoms. The maximum atomic E-state index is 12.6. The Hall–Kier alpha value is -2.21. The van der Waals surface area contributed by atoms with Gasteiger partial charge in [0.2, 0.25) is 5.91 Å². The van der Waals surface area contributed by atoms with E-state index in [1.165, 1.54) is 0 Å². The molecule has 0 spiro atoms. The zero-order valence-corrected chi connectivity index (χ0v) is 14.6. The molecule has 1 aromatic carbocycles. The first kappa shape index (κ1) is 16.6. The Balaban J connectivity index is 1.83. The molecule has 5 nitrogen and oxygen atoms in total. The summed E-state index contributed by atoms with van der Waals surface area (Å²) >= 11 is 0. The van der Waals surface area contributed by atoms with E-state index in [-0.39, 0.29) is 16.6 Å². The Morgan fingerprint density at radius 2 is 1.83 bits per heavy atom. The Kier molecular flexibility index (Phi) is 4.41. The first-order valence-corrected chi connectivity index (χ1v) is 9.58. The van der Waals surface area contributed by atoms with E-state index in [9.17, 15) is 13.2 Å². The minimum atomic E-state index is -3.47. The number of benzene rings is 1. The van der Waals surface area contributed by atoms with Crippen LogP contribution >= 0.6 is 0 Å². The number of hydrogen-bond acceptors (Lipinski definition) is 4. The number of rotatable bonds is 4. The van der Waals surface area contributed by atoms with Crippen LogP contribution < -0.4 is 4.90 Å². The second kappa shape index (κ2) is 6.36. The molecule has 0 radical (unpaired) electrons. The number of carbonyl (C=O) groups excluding carboxylic acids is 1. The Bertz CT molecular complexity index is 853. The van der Waals surface area contributed by atoms with Crippen LogP contribution in [-0.4, -0.2) is 25.9 Å². The molecule has 1 aliphatic heterocycles. The number of sulfone groups is 1. The Morgan fingerprint density at radius 1 is 1.12 bits per heavy atom. The lowest BCUT2D eigenvalue weighted by atomic mass is 10.2. The third kappa shape index (κ3) is 3.48. The average Bonchev–Trinajstić information content (AvgIpc) is 2.92. The van der Waals surface area contributed by atoms with Crippen LogP contribution in [0.5, 0.6) is 0 Å². The summed E-state index contributed by atoms with van der Waals surface area (Å²) in [5.41, 5.74) is 3.10. The maximum Gasteiger partial charge on any atom is 0.227 e. The van der Waals surface area contributed by atoms with E-state index >= 15 is 0 Å². The first-order valence-electron chi connectivity index (χ1n) is 7.92. The van der Waals surface area contributed by atoms with Crippen LogP contribution in [0.15, 0.2) is 41.3 Å². The summed E-state index contributed by atoms with van der Waals surface area (Å²) in [4.78, 5) is 18.0. The minimum Gasteiger partial charge on any atom is -0.312 e. The van der Waals surface area contributed by atoms with E-state index in [2.05, 4.69) is 4.98 Å². The standard InChI is InChI=1S/C18H20N2O3S/c1-13-10-14(2)19-15(11-13)12-24(22,23)17-7-5-16(6-8-17)20-9-3-4-18(20)21/h5-8,10-11H,3-4,9,12H2,1-2H3. The van der Waals surface area contributed by atoms with Crippen LogP contribution in [-0.2, 0) is 20.4 Å². The molecule has 0 atom stereocenters. The lowest BCUT2D eigenvalue weighted by molar-refractivity contribution is -0.117. The Morgan fingerprint density at radius 3 is 2.42 bits per heavy atom. The first-order chi connectivity index (χ1) is 11.3. The summed E-state index contributed by atoms with van der Waals surface area (Å²) in [5, 5.41) is 0. The van der Waals surface area contributed by atoms with Crippen LogP contribution in [0.25, 0.3) is 0 Å². The van der Waals surface area contributed by atoms with Gasteiger partial charge in [0.1, 0.15) is 0 Å². The van der Waals surface area contributed by atoms with Gasteiger partial charge in [0.05, 0.1) is 16.3 Å². The molecule has 24 heavy (non-hydrogen) atoms. The summed E-state index contributed by atoms with van der Waals surface area (Å²) < 4.78 is 25.2. The highest BCUT2D eigenvalue weighted by molar-refractivity contribution is 7.90. The zero-order valence-electron chi connectivity index (χ0n) is 13.8. The largest absolute Gasteiger partial charge is 0.312 e. The van der Waals surface area contributed by atoms with E-state index in [4.69, 9.17) is 0 Å². The van der Waals surface area contributed by atoms with Crippen LogP contribution in [0.3, 0.4) is 0 Å².